The Labute approximate surface area is 254 Å². The molecule has 11 nitrogen and oxygen atoms in total. The van der Waals surface area contributed by atoms with Gasteiger partial charge in [-0.15, -0.1) is 0 Å². The Balaban J connectivity index is 1.51. The van der Waals surface area contributed by atoms with Gasteiger partial charge in [-0.05, 0) is 59.4 Å². The average Bonchev–Trinajstić information content (AvgIpc) is 3.36. The summed E-state index contributed by atoms with van der Waals surface area (Å²) in [7, 11) is 4.68. The van der Waals surface area contributed by atoms with Crippen LogP contribution in [0.2, 0.25) is 0 Å². The maximum atomic E-state index is 13.5. The summed E-state index contributed by atoms with van der Waals surface area (Å²) in [5, 5.41) is 19.9. The zero-order valence-electron chi connectivity index (χ0n) is 25.3. The van der Waals surface area contributed by atoms with E-state index in [0.29, 0.717) is 53.5 Å². The van der Waals surface area contributed by atoms with Gasteiger partial charge in [0.05, 0.1) is 43.2 Å². The summed E-state index contributed by atoms with van der Waals surface area (Å²) in [5.74, 6) is 1.30. The third-order valence-corrected chi connectivity index (χ3v) is 7.71. The Morgan fingerprint density at radius 1 is 0.955 bits per heavy atom. The van der Waals surface area contributed by atoms with Gasteiger partial charge in [0.2, 0.25) is 0 Å². The van der Waals surface area contributed by atoms with Gasteiger partial charge in [0, 0.05) is 31.0 Å². The van der Waals surface area contributed by atoms with E-state index in [-0.39, 0.29) is 34.7 Å². The first-order chi connectivity index (χ1) is 21.0. The average molecular weight is 599 g/mol. The van der Waals surface area contributed by atoms with Crippen LogP contribution in [0, 0.1) is 15.5 Å². The second-order valence-corrected chi connectivity index (χ2v) is 11.5. The Hall–Kier alpha value is -5.19. The number of rotatable bonds is 10. The number of carbonyl (C=O) groups excluding carboxylic acids is 2. The van der Waals surface area contributed by atoms with Gasteiger partial charge in [0.1, 0.15) is 11.4 Å². The number of hydrogen-bond donors (Lipinski definition) is 1. The van der Waals surface area contributed by atoms with Gasteiger partial charge in [0.25, 0.3) is 11.6 Å². The molecule has 11 heteroatoms. The molecular weight excluding hydrogens is 564 g/mol. The first kappa shape index (κ1) is 30.3. The molecule has 3 aromatic carbocycles. The number of aromatic nitrogens is 2. The number of amides is 1. The molecule has 4 aromatic rings. The number of fused-ring (bicyclic) bond motifs is 1. The number of ether oxygens (including phenoxy) is 3. The lowest BCUT2D eigenvalue weighted by Crippen LogP contribution is -2.28. The van der Waals surface area contributed by atoms with E-state index in [1.54, 1.807) is 39.5 Å². The molecule has 1 aromatic heterocycles. The lowest BCUT2D eigenvalue weighted by atomic mass is 9.75. The lowest BCUT2D eigenvalue weighted by Gasteiger charge is -2.29. The molecule has 1 aliphatic carbocycles. The highest BCUT2D eigenvalue weighted by Crippen LogP contribution is 2.39. The Morgan fingerprint density at radius 3 is 2.32 bits per heavy atom. The van der Waals surface area contributed by atoms with Crippen LogP contribution in [0.25, 0.3) is 5.69 Å². The number of ketones is 1. The molecule has 1 heterocycles. The van der Waals surface area contributed by atoms with E-state index < -0.39 is 10.8 Å². The van der Waals surface area contributed by atoms with Crippen molar-refractivity contribution < 1.29 is 28.7 Å². The van der Waals surface area contributed by atoms with Gasteiger partial charge >= 0.3 is 0 Å². The zero-order chi connectivity index (χ0) is 31.6. The number of hydrogen-bond acceptors (Lipinski definition) is 8. The molecule has 228 valence electrons. The van der Waals surface area contributed by atoms with E-state index in [0.717, 1.165) is 11.1 Å². The van der Waals surface area contributed by atoms with Crippen LogP contribution in [0.4, 0.5) is 5.69 Å². The fourth-order valence-corrected chi connectivity index (χ4v) is 5.55. The summed E-state index contributed by atoms with van der Waals surface area (Å²) in [5.41, 5.74) is 2.96. The molecule has 0 saturated heterocycles. The SMILES string of the molecule is COc1ccc(CNC(=O)c2ccc(-n3nc(Cc4ccc(OC)c(OC)c4)c4c3CC(C)(C)CC4=O)c([N+](=O)[O-])c2)cc1. The predicted octanol–water partition coefficient (Wildman–Crippen LogP) is 5.48. The second-order valence-electron chi connectivity index (χ2n) is 11.5. The van der Waals surface area contributed by atoms with Gasteiger partial charge in [0.15, 0.2) is 17.3 Å². The van der Waals surface area contributed by atoms with E-state index in [4.69, 9.17) is 19.3 Å². The van der Waals surface area contributed by atoms with Crippen molar-refractivity contribution >= 4 is 17.4 Å². The van der Waals surface area contributed by atoms with Crippen LogP contribution in [0.3, 0.4) is 0 Å². The highest BCUT2D eigenvalue weighted by Gasteiger charge is 2.38. The van der Waals surface area contributed by atoms with Gasteiger partial charge < -0.3 is 19.5 Å². The van der Waals surface area contributed by atoms with Crippen LogP contribution in [0.5, 0.6) is 17.2 Å². The largest absolute Gasteiger partial charge is 0.497 e. The minimum atomic E-state index is -0.534. The van der Waals surface area contributed by atoms with Crippen LogP contribution < -0.4 is 19.5 Å². The fourth-order valence-electron chi connectivity index (χ4n) is 5.55. The number of Topliss-reactive ketones (excluding diaryl/α,β-unsaturated/α-hetero) is 1. The maximum Gasteiger partial charge on any atom is 0.295 e. The molecule has 0 saturated carbocycles. The summed E-state index contributed by atoms with van der Waals surface area (Å²) in [6, 6.07) is 17.0. The molecule has 0 bridgehead atoms. The molecule has 0 radical (unpaired) electrons. The molecule has 1 N–H and O–H groups in total. The summed E-state index contributed by atoms with van der Waals surface area (Å²) >= 11 is 0. The number of nitrogens with zero attached hydrogens (tertiary/aromatic N) is 3. The normalized spacial score (nSPS) is 13.6. The molecule has 0 spiro atoms. The van der Waals surface area contributed by atoms with Crippen LogP contribution in [0.15, 0.2) is 60.7 Å². The summed E-state index contributed by atoms with van der Waals surface area (Å²) in [6.45, 7) is 4.22. The van der Waals surface area contributed by atoms with Crippen molar-refractivity contribution in [2.75, 3.05) is 21.3 Å². The highest BCUT2D eigenvalue weighted by molar-refractivity contribution is 6.00. The van der Waals surface area contributed by atoms with Gasteiger partial charge in [-0.25, -0.2) is 4.68 Å². The number of methoxy groups -OCH3 is 3. The highest BCUT2D eigenvalue weighted by atomic mass is 16.6. The van der Waals surface area contributed by atoms with E-state index in [2.05, 4.69) is 5.32 Å². The summed E-state index contributed by atoms with van der Waals surface area (Å²) < 4.78 is 17.5. The van der Waals surface area contributed by atoms with E-state index in [9.17, 15) is 19.7 Å². The van der Waals surface area contributed by atoms with Gasteiger partial charge in [-0.1, -0.05) is 32.0 Å². The van der Waals surface area contributed by atoms with Gasteiger partial charge in [-0.2, -0.15) is 5.10 Å². The monoisotopic (exact) mass is 598 g/mol. The maximum absolute atomic E-state index is 13.5. The van der Waals surface area contributed by atoms with Crippen molar-refractivity contribution in [1.82, 2.24) is 15.1 Å². The summed E-state index contributed by atoms with van der Waals surface area (Å²) in [4.78, 5) is 38.3. The first-order valence-corrected chi connectivity index (χ1v) is 14.1. The first-order valence-electron chi connectivity index (χ1n) is 14.1. The second kappa shape index (κ2) is 12.2. The number of benzene rings is 3. The molecule has 44 heavy (non-hydrogen) atoms. The number of nitro benzene ring substituents is 1. The fraction of sp³-hybridized carbons (Fsp3) is 0.303. The molecular formula is C33H34N4O7. The number of nitrogens with one attached hydrogen (secondary N) is 1. The molecule has 5 rings (SSSR count). The number of carbonyl (C=O) groups is 2. The van der Waals surface area contributed by atoms with Crippen LogP contribution in [-0.2, 0) is 19.4 Å². The van der Waals surface area contributed by atoms with Gasteiger partial charge in [-0.3, -0.25) is 19.7 Å². The molecule has 0 aliphatic heterocycles. The zero-order valence-corrected chi connectivity index (χ0v) is 25.3. The van der Waals surface area contributed by atoms with Crippen molar-refractivity contribution in [3.63, 3.8) is 0 Å². The summed E-state index contributed by atoms with van der Waals surface area (Å²) in [6.07, 6.45) is 1.13. The third-order valence-electron chi connectivity index (χ3n) is 7.71. The van der Waals surface area contributed by atoms with E-state index in [1.807, 2.05) is 38.1 Å². The van der Waals surface area contributed by atoms with E-state index in [1.165, 1.54) is 22.9 Å². The Kier molecular flexibility index (Phi) is 8.39. The topological polar surface area (TPSA) is 135 Å². The molecule has 0 unspecified atom stereocenters. The Morgan fingerprint density at radius 2 is 1.66 bits per heavy atom. The predicted molar refractivity (Wildman–Crippen MR) is 163 cm³/mol. The number of nitro groups is 1. The van der Waals surface area contributed by atoms with Crippen LogP contribution in [0.1, 0.15) is 63.5 Å². The standard InChI is InChI=1S/C33H34N4O7/c1-33(2)17-27-31(28(38)18-33)24(14-21-8-13-29(43-4)30(15-21)44-5)35-36(27)25-12-9-22(16-26(25)37(40)41)32(39)34-19-20-6-10-23(42-3)11-7-20/h6-13,15-16H,14,17-19H2,1-5H3,(H,34,39). The molecule has 0 fully saturated rings. The smallest absolute Gasteiger partial charge is 0.295 e. The van der Waals surface area contributed by atoms with Crippen molar-refractivity contribution in [1.29, 1.82) is 0 Å². The van der Waals surface area contributed by atoms with Crippen molar-refractivity contribution in [3.8, 4) is 22.9 Å². The third kappa shape index (κ3) is 6.12. The molecule has 1 aliphatic rings. The minimum absolute atomic E-state index is 0.0600. The Bertz CT molecular complexity index is 1740. The van der Waals surface area contributed by atoms with Crippen molar-refractivity contribution in [2.45, 2.75) is 39.7 Å². The van der Waals surface area contributed by atoms with E-state index >= 15 is 0 Å². The molecule has 0 atom stereocenters. The van der Waals surface area contributed by atoms with Crippen molar-refractivity contribution in [2.24, 2.45) is 5.41 Å². The quantitative estimate of drug-likeness (QED) is 0.187. The molecule has 1 amide bonds. The lowest BCUT2D eigenvalue weighted by molar-refractivity contribution is -0.384. The van der Waals surface area contributed by atoms with Crippen LogP contribution in [-0.4, -0.2) is 47.7 Å². The van der Waals surface area contributed by atoms with Crippen LogP contribution >= 0.6 is 0 Å². The minimum Gasteiger partial charge on any atom is -0.497 e. The van der Waals surface area contributed by atoms with Crippen molar-refractivity contribution in [3.05, 3.63) is 104 Å².